The molecule has 0 radical (unpaired) electrons. The molecule has 2 N–H and O–H groups in total. The number of carbonyl (C=O) groups is 3. The van der Waals surface area contributed by atoms with E-state index >= 15 is 0 Å². The van der Waals surface area contributed by atoms with E-state index in [0.29, 0.717) is 16.8 Å². The van der Waals surface area contributed by atoms with Crippen molar-refractivity contribution in [2.75, 3.05) is 10.6 Å². The third kappa shape index (κ3) is 5.31. The molecule has 2 amide bonds. The van der Waals surface area contributed by atoms with Gasteiger partial charge in [0.1, 0.15) is 0 Å². The minimum atomic E-state index is -4.54. The van der Waals surface area contributed by atoms with Crippen LogP contribution < -0.4 is 15.7 Å². The van der Waals surface area contributed by atoms with Crippen LogP contribution in [-0.4, -0.2) is 17.8 Å². The van der Waals surface area contributed by atoms with Crippen LogP contribution in [-0.2, 0) is 11.0 Å². The lowest BCUT2D eigenvalue weighted by molar-refractivity contribution is -0.254. The predicted octanol–water partition coefficient (Wildman–Crippen LogP) is 3.95. The summed E-state index contributed by atoms with van der Waals surface area (Å²) < 4.78 is 38.0. The molecule has 3 rings (SSSR count). The Hall–Kier alpha value is -4.14. The summed E-state index contributed by atoms with van der Waals surface area (Å²) in [5, 5.41) is 16.7. The first-order valence-corrected chi connectivity index (χ1v) is 9.26. The Bertz CT molecular complexity index is 1190. The molecule has 0 aliphatic heterocycles. The molecule has 6 nitrogen and oxygen atoms in total. The third-order valence-electron chi connectivity index (χ3n) is 4.48. The van der Waals surface area contributed by atoms with Gasteiger partial charge in [-0.3, -0.25) is 9.59 Å². The lowest BCUT2D eigenvalue weighted by atomic mass is 10.0. The highest BCUT2D eigenvalue weighted by Gasteiger charge is 2.30. The van der Waals surface area contributed by atoms with Crippen molar-refractivity contribution in [1.29, 1.82) is 0 Å². The van der Waals surface area contributed by atoms with E-state index in [-0.39, 0.29) is 22.7 Å². The topological polar surface area (TPSA) is 98.3 Å². The van der Waals surface area contributed by atoms with Crippen molar-refractivity contribution >= 4 is 29.2 Å². The van der Waals surface area contributed by atoms with Crippen molar-refractivity contribution in [3.63, 3.8) is 0 Å². The first-order valence-electron chi connectivity index (χ1n) is 9.26. The van der Waals surface area contributed by atoms with E-state index in [2.05, 4.69) is 10.6 Å². The quantitative estimate of drug-likeness (QED) is 0.627. The van der Waals surface area contributed by atoms with Crippen LogP contribution in [0.5, 0.6) is 0 Å². The van der Waals surface area contributed by atoms with Crippen LogP contribution in [0.15, 0.2) is 66.7 Å². The summed E-state index contributed by atoms with van der Waals surface area (Å²) >= 11 is 0. The molecule has 164 valence electrons. The molecule has 3 aromatic carbocycles. The van der Waals surface area contributed by atoms with Crippen LogP contribution in [0.4, 0.5) is 24.5 Å². The van der Waals surface area contributed by atoms with Crippen LogP contribution in [0, 0.1) is 0 Å². The van der Waals surface area contributed by atoms with Gasteiger partial charge in [-0.05, 0) is 59.7 Å². The monoisotopic (exact) mass is 441 g/mol. The first-order chi connectivity index (χ1) is 15.0. The zero-order chi connectivity index (χ0) is 23.5. The number of rotatable bonds is 5. The van der Waals surface area contributed by atoms with Gasteiger partial charge >= 0.3 is 6.18 Å². The summed E-state index contributed by atoms with van der Waals surface area (Å²) in [7, 11) is 0. The Balaban J connectivity index is 1.88. The lowest BCUT2D eigenvalue weighted by Crippen LogP contribution is -2.25. The summed E-state index contributed by atoms with van der Waals surface area (Å²) in [5.74, 6) is -2.59. The Morgan fingerprint density at radius 3 is 2.09 bits per heavy atom. The number of carboxylic acids is 1. The summed E-state index contributed by atoms with van der Waals surface area (Å²) in [6, 6.07) is 14.4. The van der Waals surface area contributed by atoms with Gasteiger partial charge in [-0.25, -0.2) is 0 Å². The van der Waals surface area contributed by atoms with Crippen LogP contribution in [0.25, 0.3) is 11.1 Å². The van der Waals surface area contributed by atoms with E-state index in [1.165, 1.54) is 19.1 Å². The maximum Gasteiger partial charge on any atom is 0.416 e. The zero-order valence-corrected chi connectivity index (χ0v) is 16.6. The maximum atomic E-state index is 12.7. The molecule has 0 aliphatic carbocycles. The number of anilines is 2. The lowest BCUT2D eigenvalue weighted by Gasteiger charge is -2.15. The third-order valence-corrected chi connectivity index (χ3v) is 4.48. The number of carbonyl (C=O) groups excluding carboxylic acids is 3. The number of nitrogens with one attached hydrogen (secondary N) is 2. The second kappa shape index (κ2) is 8.93. The van der Waals surface area contributed by atoms with Crippen LogP contribution in [0.1, 0.15) is 33.2 Å². The number of aromatic carboxylic acids is 1. The van der Waals surface area contributed by atoms with Gasteiger partial charge in [-0.2, -0.15) is 13.2 Å². The largest absolute Gasteiger partial charge is 0.545 e. The Labute approximate surface area is 180 Å². The van der Waals surface area contributed by atoms with Gasteiger partial charge in [0.25, 0.3) is 5.91 Å². The van der Waals surface area contributed by atoms with Crippen molar-refractivity contribution in [2.24, 2.45) is 0 Å². The molecule has 9 heteroatoms. The molecule has 0 spiro atoms. The fourth-order valence-corrected chi connectivity index (χ4v) is 2.99. The van der Waals surface area contributed by atoms with Gasteiger partial charge in [0, 0.05) is 23.7 Å². The standard InChI is InChI=1S/C23H17F3N2O4/c1-13(29)27-18-4-2-3-15(11-18)16-7-10-20(19(12-16)22(31)32)28-21(30)14-5-8-17(9-6-14)23(24,25)26/h2-12H,1H3,(H,27,29)(H,28,30)(H,31,32)/p-1. The number of halogens is 3. The normalized spacial score (nSPS) is 11.0. The van der Waals surface area contributed by atoms with Crippen LogP contribution >= 0.6 is 0 Å². The second-order valence-electron chi connectivity index (χ2n) is 6.84. The van der Waals surface area contributed by atoms with Gasteiger partial charge in [0.15, 0.2) is 0 Å². The van der Waals surface area contributed by atoms with Crippen molar-refractivity contribution in [1.82, 2.24) is 0 Å². The molecule has 32 heavy (non-hydrogen) atoms. The van der Waals surface area contributed by atoms with Gasteiger partial charge in [0.2, 0.25) is 5.91 Å². The summed E-state index contributed by atoms with van der Waals surface area (Å²) in [5.41, 5.74) is 0.252. The number of carboxylic acid groups (broad SMARTS) is 1. The molecule has 0 fully saturated rings. The zero-order valence-electron chi connectivity index (χ0n) is 16.6. The Kier molecular flexibility index (Phi) is 6.29. The molecule has 0 bridgehead atoms. The highest BCUT2D eigenvalue weighted by atomic mass is 19.4. The van der Waals surface area contributed by atoms with Gasteiger partial charge in [-0.1, -0.05) is 18.2 Å². The number of alkyl halides is 3. The summed E-state index contributed by atoms with van der Waals surface area (Å²) in [6.07, 6.45) is -4.54. The van der Waals surface area contributed by atoms with Gasteiger partial charge in [0.05, 0.1) is 17.2 Å². The SMILES string of the molecule is CC(=O)Nc1cccc(-c2ccc(NC(=O)c3ccc(C(F)(F)F)cc3)c(C(=O)[O-])c2)c1. The van der Waals surface area contributed by atoms with E-state index in [1.807, 2.05) is 0 Å². The fourth-order valence-electron chi connectivity index (χ4n) is 2.99. The van der Waals surface area contributed by atoms with E-state index in [4.69, 9.17) is 0 Å². The van der Waals surface area contributed by atoms with Crippen molar-refractivity contribution in [3.05, 3.63) is 83.4 Å². The highest BCUT2D eigenvalue weighted by Crippen LogP contribution is 2.30. The maximum absolute atomic E-state index is 12.7. The van der Waals surface area contributed by atoms with Gasteiger partial charge < -0.3 is 20.5 Å². The first kappa shape index (κ1) is 22.5. The molecule has 3 aromatic rings. The summed E-state index contributed by atoms with van der Waals surface area (Å²) in [4.78, 5) is 35.3. The van der Waals surface area contributed by atoms with Gasteiger partial charge in [-0.15, -0.1) is 0 Å². The highest BCUT2D eigenvalue weighted by molar-refractivity contribution is 6.08. The average Bonchev–Trinajstić information content (AvgIpc) is 2.73. The molecule has 0 heterocycles. The molecule has 0 atom stereocenters. The molecule has 0 saturated carbocycles. The smallest absolute Gasteiger partial charge is 0.416 e. The fraction of sp³-hybridized carbons (Fsp3) is 0.0870. The van der Waals surface area contributed by atoms with E-state index in [9.17, 15) is 32.7 Å². The number of hydrogen-bond acceptors (Lipinski definition) is 4. The molecule has 0 unspecified atom stereocenters. The molecular weight excluding hydrogens is 425 g/mol. The minimum absolute atomic E-state index is 0.0725. The van der Waals surface area contributed by atoms with E-state index in [1.54, 1.807) is 30.3 Å². The van der Waals surface area contributed by atoms with Crippen LogP contribution in [0.3, 0.4) is 0 Å². The van der Waals surface area contributed by atoms with Crippen molar-refractivity contribution in [2.45, 2.75) is 13.1 Å². The van der Waals surface area contributed by atoms with Crippen LogP contribution in [0.2, 0.25) is 0 Å². The molecular formula is C23H16F3N2O4-. The minimum Gasteiger partial charge on any atom is -0.545 e. The average molecular weight is 441 g/mol. The van der Waals surface area contributed by atoms with Crippen molar-refractivity contribution < 1.29 is 32.7 Å². The molecule has 0 aromatic heterocycles. The molecule has 0 saturated heterocycles. The van der Waals surface area contributed by atoms with Crippen molar-refractivity contribution in [3.8, 4) is 11.1 Å². The number of benzene rings is 3. The Morgan fingerprint density at radius 2 is 1.50 bits per heavy atom. The molecule has 0 aliphatic rings. The van der Waals surface area contributed by atoms with E-state index < -0.39 is 23.6 Å². The number of hydrogen-bond donors (Lipinski definition) is 2. The number of amides is 2. The second-order valence-corrected chi connectivity index (χ2v) is 6.84. The Morgan fingerprint density at radius 1 is 0.844 bits per heavy atom. The van der Waals surface area contributed by atoms with E-state index in [0.717, 1.165) is 24.3 Å². The predicted molar refractivity (Wildman–Crippen MR) is 110 cm³/mol. The summed E-state index contributed by atoms with van der Waals surface area (Å²) in [6.45, 7) is 1.36.